The van der Waals surface area contributed by atoms with Crippen LogP contribution in [0.2, 0.25) is 0 Å². The zero-order valence-electron chi connectivity index (χ0n) is 7.74. The van der Waals surface area contributed by atoms with E-state index >= 15 is 0 Å². The number of alkyl halides is 3. The molecule has 0 bridgehead atoms. The summed E-state index contributed by atoms with van der Waals surface area (Å²) in [6, 6.07) is 3.99. The third-order valence-electron chi connectivity index (χ3n) is 2.52. The molecule has 1 heterocycles. The molecule has 0 aliphatic carbocycles. The number of para-hydroxylation sites is 1. The number of aryl methyl sites for hydroxylation is 1. The van der Waals surface area contributed by atoms with E-state index in [1.54, 1.807) is 6.07 Å². The summed E-state index contributed by atoms with van der Waals surface area (Å²) < 4.78 is 38.2. The number of rotatable bonds is 0. The first-order valence-corrected chi connectivity index (χ1v) is 5.38. The number of hydrogen-bond acceptors (Lipinski definition) is 1. The average Bonchev–Trinajstić information content (AvgIpc) is 2.16. The van der Waals surface area contributed by atoms with Crippen molar-refractivity contribution in [2.45, 2.75) is 25.1 Å². The Morgan fingerprint density at radius 3 is 2.73 bits per heavy atom. The fourth-order valence-corrected chi connectivity index (χ4v) is 2.25. The summed E-state index contributed by atoms with van der Waals surface area (Å²) in [5.41, 5.74) is 1.51. The van der Waals surface area contributed by atoms with Gasteiger partial charge in [-0.1, -0.05) is 12.1 Å². The highest BCUT2D eigenvalue weighted by Gasteiger charge is 2.41. The van der Waals surface area contributed by atoms with Gasteiger partial charge >= 0.3 is 6.18 Å². The Morgan fingerprint density at radius 2 is 2.07 bits per heavy atom. The summed E-state index contributed by atoms with van der Waals surface area (Å²) in [4.78, 5) is 0. The van der Waals surface area contributed by atoms with Crippen LogP contribution >= 0.6 is 15.9 Å². The minimum atomic E-state index is -4.17. The quantitative estimate of drug-likeness (QED) is 0.763. The highest BCUT2D eigenvalue weighted by atomic mass is 79.9. The van der Waals surface area contributed by atoms with Gasteiger partial charge in [0.15, 0.2) is 0 Å². The lowest BCUT2D eigenvalue weighted by atomic mass is 9.98. The molecule has 5 heteroatoms. The number of nitrogens with one attached hydrogen (secondary N) is 1. The van der Waals surface area contributed by atoms with Crippen molar-refractivity contribution in [3.05, 3.63) is 28.2 Å². The normalized spacial score (nSPS) is 20.7. The second-order valence-electron chi connectivity index (χ2n) is 3.55. The van der Waals surface area contributed by atoms with Gasteiger partial charge in [-0.3, -0.25) is 0 Å². The van der Waals surface area contributed by atoms with Crippen molar-refractivity contribution in [3.8, 4) is 0 Å². The molecule has 0 saturated carbocycles. The zero-order valence-corrected chi connectivity index (χ0v) is 9.32. The van der Waals surface area contributed by atoms with E-state index < -0.39 is 12.2 Å². The Bertz CT molecular complexity index is 375. The van der Waals surface area contributed by atoms with Gasteiger partial charge in [-0.25, -0.2) is 0 Å². The zero-order chi connectivity index (χ0) is 11.1. The predicted molar refractivity (Wildman–Crippen MR) is 55.9 cm³/mol. The van der Waals surface area contributed by atoms with Crippen molar-refractivity contribution in [2.75, 3.05) is 5.32 Å². The lowest BCUT2D eigenvalue weighted by molar-refractivity contribution is -0.144. The van der Waals surface area contributed by atoms with Gasteiger partial charge in [0.25, 0.3) is 0 Å². The maximum Gasteiger partial charge on any atom is 0.408 e. The molecule has 0 radical (unpaired) electrons. The van der Waals surface area contributed by atoms with Crippen molar-refractivity contribution >= 4 is 21.6 Å². The standard InChI is InChI=1S/C10H9BrF3N/c11-7-3-1-2-6-4-5-8(10(12,13)14)15-9(6)7/h1-3,8,15H,4-5H2. The van der Waals surface area contributed by atoms with Gasteiger partial charge in [-0.2, -0.15) is 13.2 Å². The molecule has 1 N–H and O–H groups in total. The fourth-order valence-electron chi connectivity index (χ4n) is 1.73. The molecule has 0 aromatic heterocycles. The molecule has 0 saturated heterocycles. The third kappa shape index (κ3) is 2.12. The molecule has 1 aliphatic rings. The molecule has 0 fully saturated rings. The molecule has 1 nitrogen and oxygen atoms in total. The third-order valence-corrected chi connectivity index (χ3v) is 3.18. The lowest BCUT2D eigenvalue weighted by Crippen LogP contribution is -2.39. The van der Waals surface area contributed by atoms with E-state index in [1.807, 2.05) is 12.1 Å². The first kappa shape index (κ1) is 10.8. The van der Waals surface area contributed by atoms with E-state index in [9.17, 15) is 13.2 Å². The minimum Gasteiger partial charge on any atom is -0.373 e. The fraction of sp³-hybridized carbons (Fsp3) is 0.400. The predicted octanol–water partition coefficient (Wildman–Crippen LogP) is 3.74. The number of fused-ring (bicyclic) bond motifs is 1. The van der Waals surface area contributed by atoms with E-state index in [-0.39, 0.29) is 6.42 Å². The largest absolute Gasteiger partial charge is 0.408 e. The van der Waals surface area contributed by atoms with Crippen LogP contribution in [-0.2, 0) is 6.42 Å². The Morgan fingerprint density at radius 1 is 1.33 bits per heavy atom. The van der Waals surface area contributed by atoms with Crippen molar-refractivity contribution in [1.82, 2.24) is 0 Å². The molecule has 1 atom stereocenters. The van der Waals surface area contributed by atoms with Gasteiger partial charge in [-0.05, 0) is 40.4 Å². The van der Waals surface area contributed by atoms with Gasteiger partial charge in [-0.15, -0.1) is 0 Å². The average molecular weight is 280 g/mol. The van der Waals surface area contributed by atoms with Gasteiger partial charge in [0, 0.05) is 4.47 Å². The van der Waals surface area contributed by atoms with Gasteiger partial charge < -0.3 is 5.32 Å². The van der Waals surface area contributed by atoms with Crippen LogP contribution < -0.4 is 5.32 Å². The Labute approximate surface area is 93.8 Å². The molecule has 15 heavy (non-hydrogen) atoms. The van der Waals surface area contributed by atoms with Crippen LogP contribution in [-0.4, -0.2) is 12.2 Å². The minimum absolute atomic E-state index is 0.104. The SMILES string of the molecule is FC(F)(F)C1CCc2cccc(Br)c2N1. The van der Waals surface area contributed by atoms with Gasteiger partial charge in [0.1, 0.15) is 6.04 Å². The molecule has 1 aliphatic heterocycles. The number of hydrogen-bond donors (Lipinski definition) is 1. The number of benzene rings is 1. The van der Waals surface area contributed by atoms with Crippen LogP contribution in [0.15, 0.2) is 22.7 Å². The smallest absolute Gasteiger partial charge is 0.373 e. The second-order valence-corrected chi connectivity index (χ2v) is 4.41. The molecule has 1 aromatic carbocycles. The summed E-state index contributed by atoms with van der Waals surface area (Å²) in [7, 11) is 0. The summed E-state index contributed by atoms with van der Waals surface area (Å²) >= 11 is 3.25. The summed E-state index contributed by atoms with van der Waals surface area (Å²) in [6.45, 7) is 0. The lowest BCUT2D eigenvalue weighted by Gasteiger charge is -2.29. The second kappa shape index (κ2) is 3.70. The monoisotopic (exact) mass is 279 g/mol. The maximum absolute atomic E-state index is 12.5. The van der Waals surface area contributed by atoms with E-state index in [0.29, 0.717) is 16.6 Å². The van der Waals surface area contributed by atoms with Crippen molar-refractivity contribution < 1.29 is 13.2 Å². The summed E-state index contributed by atoms with van der Waals surface area (Å²) in [5.74, 6) is 0. The van der Waals surface area contributed by atoms with Gasteiger partial charge in [0.2, 0.25) is 0 Å². The topological polar surface area (TPSA) is 12.0 Å². The molecule has 1 unspecified atom stereocenters. The molecular weight excluding hydrogens is 271 g/mol. The van der Waals surface area contributed by atoms with Crippen molar-refractivity contribution in [3.63, 3.8) is 0 Å². The molecule has 82 valence electrons. The molecule has 2 rings (SSSR count). The first-order chi connectivity index (χ1) is 6.98. The summed E-state index contributed by atoms with van der Waals surface area (Å²) in [6.07, 6.45) is -3.61. The van der Waals surface area contributed by atoms with Crippen LogP contribution in [0.5, 0.6) is 0 Å². The Balaban J connectivity index is 2.30. The highest BCUT2D eigenvalue weighted by molar-refractivity contribution is 9.10. The van der Waals surface area contributed by atoms with E-state index in [2.05, 4.69) is 21.2 Å². The molecule has 0 spiro atoms. The molecule has 0 amide bonds. The van der Waals surface area contributed by atoms with Crippen LogP contribution in [0.3, 0.4) is 0 Å². The van der Waals surface area contributed by atoms with E-state index in [0.717, 1.165) is 5.56 Å². The van der Waals surface area contributed by atoms with Crippen LogP contribution in [0, 0.1) is 0 Å². The van der Waals surface area contributed by atoms with Crippen molar-refractivity contribution in [1.29, 1.82) is 0 Å². The molecular formula is C10H9BrF3N. The van der Waals surface area contributed by atoms with Crippen LogP contribution in [0.4, 0.5) is 18.9 Å². The van der Waals surface area contributed by atoms with E-state index in [1.165, 1.54) is 0 Å². The Hall–Kier alpha value is -0.710. The number of anilines is 1. The highest BCUT2D eigenvalue weighted by Crippen LogP contribution is 2.36. The van der Waals surface area contributed by atoms with Crippen LogP contribution in [0.25, 0.3) is 0 Å². The summed E-state index contributed by atoms with van der Waals surface area (Å²) in [5, 5.41) is 2.53. The molecule has 1 aromatic rings. The first-order valence-electron chi connectivity index (χ1n) is 4.59. The number of halogens is 4. The van der Waals surface area contributed by atoms with Gasteiger partial charge in [0.05, 0.1) is 5.69 Å². The Kier molecular flexibility index (Phi) is 2.66. The maximum atomic E-state index is 12.5. The van der Waals surface area contributed by atoms with Crippen LogP contribution in [0.1, 0.15) is 12.0 Å². The van der Waals surface area contributed by atoms with E-state index in [4.69, 9.17) is 0 Å². The van der Waals surface area contributed by atoms with Crippen molar-refractivity contribution in [2.24, 2.45) is 0 Å².